The molecule has 0 heterocycles. The van der Waals surface area contributed by atoms with Gasteiger partial charge < -0.3 is 0 Å². The third-order valence-electron chi connectivity index (χ3n) is 2.82. The predicted octanol–water partition coefficient (Wildman–Crippen LogP) is 2.27. The molecule has 16 heavy (non-hydrogen) atoms. The third kappa shape index (κ3) is 3.15. The van der Waals surface area contributed by atoms with Crippen LogP contribution < -0.4 is 0 Å². The SMILES string of the molecule is CC(=O)[C@H](C)[C@H](C[N+](=O)[O-])c1ccccc1. The molecular formula is C12H15NO3. The number of benzene rings is 1. The van der Waals surface area contributed by atoms with Gasteiger partial charge in [-0.05, 0) is 12.5 Å². The Bertz CT molecular complexity index is 375. The highest BCUT2D eigenvalue weighted by molar-refractivity contribution is 5.79. The number of Topliss-reactive ketones (excluding diaryl/α,β-unsaturated/α-hetero) is 1. The van der Waals surface area contributed by atoms with Gasteiger partial charge in [0.05, 0.1) is 5.92 Å². The molecule has 0 bridgehead atoms. The summed E-state index contributed by atoms with van der Waals surface area (Å²) in [7, 11) is 0. The highest BCUT2D eigenvalue weighted by Crippen LogP contribution is 2.25. The van der Waals surface area contributed by atoms with E-state index >= 15 is 0 Å². The van der Waals surface area contributed by atoms with Crippen LogP contribution in [0.5, 0.6) is 0 Å². The Hall–Kier alpha value is -1.71. The van der Waals surface area contributed by atoms with Gasteiger partial charge in [0.15, 0.2) is 0 Å². The molecule has 1 rings (SSSR count). The van der Waals surface area contributed by atoms with Crippen LogP contribution in [-0.2, 0) is 4.79 Å². The lowest BCUT2D eigenvalue weighted by molar-refractivity contribution is -0.484. The summed E-state index contributed by atoms with van der Waals surface area (Å²) in [6.07, 6.45) is 0. The van der Waals surface area contributed by atoms with Crippen molar-refractivity contribution in [3.63, 3.8) is 0 Å². The maximum Gasteiger partial charge on any atom is 0.211 e. The molecule has 0 N–H and O–H groups in total. The molecule has 0 aliphatic carbocycles. The van der Waals surface area contributed by atoms with Crippen LogP contribution >= 0.6 is 0 Å². The van der Waals surface area contributed by atoms with Gasteiger partial charge >= 0.3 is 0 Å². The number of carbonyl (C=O) groups is 1. The van der Waals surface area contributed by atoms with Gasteiger partial charge in [-0.25, -0.2) is 0 Å². The number of ketones is 1. The first-order chi connectivity index (χ1) is 7.52. The maximum absolute atomic E-state index is 11.3. The molecule has 0 aliphatic rings. The van der Waals surface area contributed by atoms with Gasteiger partial charge in [-0.15, -0.1) is 0 Å². The molecule has 4 nitrogen and oxygen atoms in total. The molecule has 0 fully saturated rings. The molecule has 0 unspecified atom stereocenters. The molecule has 0 amide bonds. The summed E-state index contributed by atoms with van der Waals surface area (Å²) in [6, 6.07) is 9.16. The van der Waals surface area contributed by atoms with E-state index in [1.807, 2.05) is 30.3 Å². The van der Waals surface area contributed by atoms with Crippen molar-refractivity contribution in [3.8, 4) is 0 Å². The van der Waals surface area contributed by atoms with Crippen LogP contribution in [0, 0.1) is 16.0 Å². The second kappa shape index (κ2) is 5.39. The lowest BCUT2D eigenvalue weighted by atomic mass is 9.85. The molecular weight excluding hydrogens is 206 g/mol. The van der Waals surface area contributed by atoms with Gasteiger partial charge in [-0.3, -0.25) is 14.9 Å². The minimum Gasteiger partial charge on any atom is -0.300 e. The first kappa shape index (κ1) is 12.4. The van der Waals surface area contributed by atoms with E-state index < -0.39 is 0 Å². The molecule has 2 atom stereocenters. The molecule has 0 saturated heterocycles. The van der Waals surface area contributed by atoms with Crippen LogP contribution in [0.2, 0.25) is 0 Å². The molecule has 0 radical (unpaired) electrons. The van der Waals surface area contributed by atoms with E-state index in [1.165, 1.54) is 6.92 Å². The van der Waals surface area contributed by atoms with Crippen molar-refractivity contribution in [3.05, 3.63) is 46.0 Å². The summed E-state index contributed by atoms with van der Waals surface area (Å²) in [5.74, 6) is -0.683. The average Bonchev–Trinajstić information content (AvgIpc) is 2.26. The first-order valence-corrected chi connectivity index (χ1v) is 5.19. The summed E-state index contributed by atoms with van der Waals surface area (Å²) in [5, 5.41) is 10.6. The van der Waals surface area contributed by atoms with Crippen molar-refractivity contribution in [1.82, 2.24) is 0 Å². The quantitative estimate of drug-likeness (QED) is 0.566. The molecule has 4 heteroatoms. The summed E-state index contributed by atoms with van der Waals surface area (Å²) in [6.45, 7) is 3.01. The van der Waals surface area contributed by atoms with Crippen LogP contribution in [0.25, 0.3) is 0 Å². The van der Waals surface area contributed by atoms with Gasteiger partial charge in [0.2, 0.25) is 6.54 Å². The lowest BCUT2D eigenvalue weighted by Gasteiger charge is -2.18. The van der Waals surface area contributed by atoms with Crippen LogP contribution in [0.1, 0.15) is 25.3 Å². The predicted molar refractivity (Wildman–Crippen MR) is 60.9 cm³/mol. The molecule has 0 aromatic heterocycles. The van der Waals surface area contributed by atoms with Crippen molar-refractivity contribution in [2.45, 2.75) is 19.8 Å². The third-order valence-corrected chi connectivity index (χ3v) is 2.82. The number of carbonyl (C=O) groups excluding carboxylic acids is 1. The smallest absolute Gasteiger partial charge is 0.211 e. The average molecular weight is 221 g/mol. The molecule has 0 saturated carbocycles. The fraction of sp³-hybridized carbons (Fsp3) is 0.417. The number of nitrogens with zero attached hydrogens (tertiary/aromatic N) is 1. The Kier molecular flexibility index (Phi) is 4.17. The summed E-state index contributed by atoms with van der Waals surface area (Å²) >= 11 is 0. The molecule has 0 aliphatic heterocycles. The summed E-state index contributed by atoms with van der Waals surface area (Å²) in [5.41, 5.74) is 0.849. The van der Waals surface area contributed by atoms with E-state index in [4.69, 9.17) is 0 Å². The van der Waals surface area contributed by atoms with Gasteiger partial charge in [-0.1, -0.05) is 37.3 Å². The zero-order valence-electron chi connectivity index (χ0n) is 9.42. The fourth-order valence-corrected chi connectivity index (χ4v) is 1.70. The van der Waals surface area contributed by atoms with Crippen molar-refractivity contribution in [1.29, 1.82) is 0 Å². The monoisotopic (exact) mass is 221 g/mol. The fourth-order valence-electron chi connectivity index (χ4n) is 1.70. The second-order valence-corrected chi connectivity index (χ2v) is 3.93. The minimum atomic E-state index is -0.364. The lowest BCUT2D eigenvalue weighted by Crippen LogP contribution is -2.24. The maximum atomic E-state index is 11.3. The normalized spacial score (nSPS) is 14.1. The van der Waals surface area contributed by atoms with Crippen molar-refractivity contribution in [2.75, 3.05) is 6.54 Å². The highest BCUT2D eigenvalue weighted by atomic mass is 16.6. The summed E-state index contributed by atoms with van der Waals surface area (Å²) < 4.78 is 0. The van der Waals surface area contributed by atoms with E-state index in [0.29, 0.717) is 0 Å². The van der Waals surface area contributed by atoms with E-state index in [-0.39, 0.29) is 29.1 Å². The largest absolute Gasteiger partial charge is 0.300 e. The topological polar surface area (TPSA) is 60.2 Å². The van der Waals surface area contributed by atoms with E-state index in [1.54, 1.807) is 6.92 Å². The zero-order valence-corrected chi connectivity index (χ0v) is 9.42. The molecule has 0 spiro atoms. The second-order valence-electron chi connectivity index (χ2n) is 3.93. The van der Waals surface area contributed by atoms with Gasteiger partial charge in [0.1, 0.15) is 5.78 Å². The molecule has 1 aromatic carbocycles. The summed E-state index contributed by atoms with van der Waals surface area (Å²) in [4.78, 5) is 21.6. The van der Waals surface area contributed by atoms with Crippen molar-refractivity contribution >= 4 is 5.78 Å². The molecule has 1 aromatic rings. The van der Waals surface area contributed by atoms with Crippen LogP contribution in [0.3, 0.4) is 0 Å². The van der Waals surface area contributed by atoms with Crippen molar-refractivity contribution < 1.29 is 9.72 Å². The van der Waals surface area contributed by atoms with Gasteiger partial charge in [-0.2, -0.15) is 0 Å². The Labute approximate surface area is 94.4 Å². The number of nitro groups is 1. The van der Waals surface area contributed by atoms with Crippen LogP contribution in [-0.4, -0.2) is 17.3 Å². The number of rotatable bonds is 5. The first-order valence-electron chi connectivity index (χ1n) is 5.19. The highest BCUT2D eigenvalue weighted by Gasteiger charge is 2.27. The molecule has 86 valence electrons. The number of hydrogen-bond acceptors (Lipinski definition) is 3. The minimum absolute atomic E-state index is 0.0179. The van der Waals surface area contributed by atoms with E-state index in [0.717, 1.165) is 5.56 Å². The standard InChI is InChI=1S/C12H15NO3/c1-9(10(2)14)12(8-13(15)16)11-6-4-3-5-7-11/h3-7,9,12H,8H2,1-2H3/t9-,12-/m0/s1. The van der Waals surface area contributed by atoms with Crippen LogP contribution in [0.15, 0.2) is 30.3 Å². The Morgan fingerprint density at radius 1 is 1.38 bits per heavy atom. The number of hydrogen-bond donors (Lipinski definition) is 0. The van der Waals surface area contributed by atoms with E-state index in [9.17, 15) is 14.9 Å². The Balaban J connectivity index is 2.96. The van der Waals surface area contributed by atoms with Gasteiger partial charge in [0.25, 0.3) is 0 Å². The zero-order chi connectivity index (χ0) is 12.1. The Morgan fingerprint density at radius 3 is 2.38 bits per heavy atom. The van der Waals surface area contributed by atoms with E-state index in [2.05, 4.69) is 0 Å². The van der Waals surface area contributed by atoms with Crippen LogP contribution in [0.4, 0.5) is 0 Å². The Morgan fingerprint density at radius 2 is 1.94 bits per heavy atom. The van der Waals surface area contributed by atoms with Gasteiger partial charge in [0, 0.05) is 10.8 Å². The van der Waals surface area contributed by atoms with Crippen molar-refractivity contribution in [2.24, 2.45) is 5.92 Å².